The molecule has 0 spiro atoms. The van der Waals surface area contributed by atoms with Crippen molar-refractivity contribution in [2.24, 2.45) is 0 Å². The number of benzene rings is 3. The number of thiophene rings is 1. The van der Waals surface area contributed by atoms with Gasteiger partial charge in [-0.2, -0.15) is 0 Å². The molecule has 6 nitrogen and oxygen atoms in total. The summed E-state index contributed by atoms with van der Waals surface area (Å²) in [6, 6.07) is 20.6. The Bertz CT molecular complexity index is 1460. The van der Waals surface area contributed by atoms with Crippen LogP contribution in [-0.4, -0.2) is 21.3 Å². The van der Waals surface area contributed by atoms with Crippen molar-refractivity contribution in [2.75, 3.05) is 18.2 Å². The Labute approximate surface area is 202 Å². The summed E-state index contributed by atoms with van der Waals surface area (Å²) < 4.78 is 32.4. The van der Waals surface area contributed by atoms with Crippen molar-refractivity contribution in [3.8, 4) is 5.75 Å². The van der Waals surface area contributed by atoms with E-state index in [-0.39, 0.29) is 31.1 Å². The van der Waals surface area contributed by atoms with E-state index in [2.05, 4.69) is 5.32 Å². The number of methoxy groups -OCH3 is 1. The number of aryl methyl sites for hydroxylation is 2. The summed E-state index contributed by atoms with van der Waals surface area (Å²) in [5, 5.41) is 3.42. The molecule has 4 aromatic rings. The highest BCUT2D eigenvalue weighted by atomic mass is 32.2. The van der Waals surface area contributed by atoms with Gasteiger partial charge in [-0.3, -0.25) is 4.79 Å². The van der Waals surface area contributed by atoms with Crippen LogP contribution in [0, 0.1) is 13.8 Å². The van der Waals surface area contributed by atoms with E-state index in [1.54, 1.807) is 55.6 Å². The van der Waals surface area contributed by atoms with Crippen LogP contribution in [-0.2, 0) is 9.84 Å². The van der Waals surface area contributed by atoms with Gasteiger partial charge < -0.3 is 15.8 Å². The summed E-state index contributed by atoms with van der Waals surface area (Å²) >= 11 is 1.03. The highest BCUT2D eigenvalue weighted by molar-refractivity contribution is 7.92. The molecule has 0 aliphatic carbocycles. The number of carbonyl (C=O) groups excluding carboxylic acids is 1. The lowest BCUT2D eigenvalue weighted by atomic mass is 10.0. The van der Waals surface area contributed by atoms with Crippen molar-refractivity contribution in [1.82, 2.24) is 0 Å². The minimum atomic E-state index is -4.00. The number of nitrogens with one attached hydrogen (secondary N) is 1. The topological polar surface area (TPSA) is 98.5 Å². The van der Waals surface area contributed by atoms with Crippen LogP contribution in [0.4, 0.5) is 16.4 Å². The maximum atomic E-state index is 13.6. The average Bonchev–Trinajstić information content (AvgIpc) is 3.16. The number of anilines is 3. The Morgan fingerprint density at radius 1 is 0.971 bits per heavy atom. The predicted octanol–water partition coefficient (Wildman–Crippen LogP) is 5.76. The molecule has 0 aliphatic rings. The van der Waals surface area contributed by atoms with Gasteiger partial charge in [0.15, 0.2) is 0 Å². The molecule has 0 radical (unpaired) electrons. The number of ketones is 1. The van der Waals surface area contributed by atoms with E-state index >= 15 is 0 Å². The van der Waals surface area contributed by atoms with E-state index in [1.807, 2.05) is 26.0 Å². The lowest BCUT2D eigenvalue weighted by molar-refractivity contribution is 0.104. The molecule has 0 aliphatic heterocycles. The average molecular weight is 493 g/mol. The molecule has 8 heteroatoms. The third kappa shape index (κ3) is 4.42. The van der Waals surface area contributed by atoms with E-state index in [0.29, 0.717) is 17.0 Å². The van der Waals surface area contributed by atoms with Gasteiger partial charge >= 0.3 is 0 Å². The fourth-order valence-corrected chi connectivity index (χ4v) is 6.61. The molecular formula is C26H24N2O4S2. The fourth-order valence-electron chi connectivity index (χ4n) is 3.66. The molecule has 1 heterocycles. The Balaban J connectivity index is 1.87. The molecule has 0 amide bonds. The number of hydrogen-bond acceptors (Lipinski definition) is 7. The number of nitrogen functional groups attached to an aromatic ring is 1. The minimum Gasteiger partial charge on any atom is -0.497 e. The molecule has 0 bridgehead atoms. The summed E-state index contributed by atoms with van der Waals surface area (Å²) in [7, 11) is -2.43. The monoisotopic (exact) mass is 492 g/mol. The smallest absolute Gasteiger partial charge is 0.211 e. The maximum Gasteiger partial charge on any atom is 0.211 e. The second kappa shape index (κ2) is 9.32. The number of nitrogens with two attached hydrogens (primary N) is 1. The zero-order valence-corrected chi connectivity index (χ0v) is 20.6. The molecule has 4 rings (SSSR count). The van der Waals surface area contributed by atoms with Crippen LogP contribution in [0.3, 0.4) is 0 Å². The summed E-state index contributed by atoms with van der Waals surface area (Å²) in [4.78, 5) is 13.6. The summed E-state index contributed by atoms with van der Waals surface area (Å²) in [5.74, 6) is 0.353. The molecule has 3 N–H and O–H groups in total. The van der Waals surface area contributed by atoms with Gasteiger partial charge in [-0.25, -0.2) is 8.42 Å². The van der Waals surface area contributed by atoms with E-state index in [4.69, 9.17) is 10.5 Å². The molecular weight excluding hydrogens is 468 g/mol. The third-order valence-corrected chi connectivity index (χ3v) is 8.51. The normalized spacial score (nSPS) is 11.3. The van der Waals surface area contributed by atoms with Gasteiger partial charge in [0.05, 0.1) is 17.7 Å². The summed E-state index contributed by atoms with van der Waals surface area (Å²) in [6.45, 7) is 3.80. The van der Waals surface area contributed by atoms with Gasteiger partial charge in [-0.05, 0) is 55.8 Å². The molecule has 0 unspecified atom stereocenters. The first kappa shape index (κ1) is 23.5. The van der Waals surface area contributed by atoms with Crippen LogP contribution in [0.5, 0.6) is 5.75 Å². The highest BCUT2D eigenvalue weighted by Crippen LogP contribution is 2.44. The Kier molecular flexibility index (Phi) is 6.45. The van der Waals surface area contributed by atoms with E-state index in [9.17, 15) is 13.2 Å². The van der Waals surface area contributed by atoms with E-state index in [1.165, 1.54) is 12.1 Å². The van der Waals surface area contributed by atoms with Crippen molar-refractivity contribution < 1.29 is 17.9 Å². The Morgan fingerprint density at radius 3 is 2.26 bits per heavy atom. The Hall–Kier alpha value is -3.62. The zero-order valence-electron chi connectivity index (χ0n) is 19.0. The van der Waals surface area contributed by atoms with Crippen LogP contribution in [0.2, 0.25) is 0 Å². The summed E-state index contributed by atoms with van der Waals surface area (Å²) in [5.41, 5.74) is 9.29. The van der Waals surface area contributed by atoms with Crippen LogP contribution in [0.15, 0.2) is 82.6 Å². The molecule has 1 aromatic heterocycles. The van der Waals surface area contributed by atoms with Crippen molar-refractivity contribution in [3.05, 3.63) is 94.4 Å². The van der Waals surface area contributed by atoms with Gasteiger partial charge in [0.25, 0.3) is 0 Å². The number of rotatable bonds is 7. The van der Waals surface area contributed by atoms with Gasteiger partial charge in [-0.15, -0.1) is 11.3 Å². The second-order valence-corrected chi connectivity index (χ2v) is 10.7. The van der Waals surface area contributed by atoms with Crippen molar-refractivity contribution >= 4 is 43.3 Å². The number of ether oxygens (including phenoxy) is 1. The molecule has 34 heavy (non-hydrogen) atoms. The van der Waals surface area contributed by atoms with Crippen LogP contribution in [0.25, 0.3) is 0 Å². The zero-order chi connectivity index (χ0) is 24.5. The third-order valence-electron chi connectivity index (χ3n) is 5.40. The van der Waals surface area contributed by atoms with Crippen molar-refractivity contribution in [3.63, 3.8) is 0 Å². The first-order valence-electron chi connectivity index (χ1n) is 10.5. The van der Waals surface area contributed by atoms with Gasteiger partial charge in [-0.1, -0.05) is 42.0 Å². The maximum absolute atomic E-state index is 13.6. The Morgan fingerprint density at radius 2 is 1.65 bits per heavy atom. The number of sulfone groups is 1. The quantitative estimate of drug-likeness (QED) is 0.318. The van der Waals surface area contributed by atoms with Crippen molar-refractivity contribution in [1.29, 1.82) is 0 Å². The molecule has 0 atom stereocenters. The fraction of sp³-hybridized carbons (Fsp3) is 0.115. The standard InChI is InChI=1S/C26H24N2O4S2/c1-16-9-14-21(17(2)15-16)23(29)24-22(27)25(34(30,31)20-7-5-4-6-8-20)26(33-24)28-18-10-12-19(32-3)13-11-18/h4-15,28H,27H2,1-3H3. The van der Waals surface area contributed by atoms with E-state index in [0.717, 1.165) is 22.5 Å². The van der Waals surface area contributed by atoms with Gasteiger partial charge in [0.2, 0.25) is 15.6 Å². The SMILES string of the molecule is COc1ccc(Nc2sc(C(=O)c3ccc(C)cc3C)c(N)c2S(=O)(=O)c2ccccc2)cc1. The van der Waals surface area contributed by atoms with Crippen LogP contribution in [0.1, 0.15) is 26.4 Å². The summed E-state index contributed by atoms with van der Waals surface area (Å²) in [6.07, 6.45) is 0. The molecule has 0 fully saturated rings. The largest absolute Gasteiger partial charge is 0.497 e. The van der Waals surface area contributed by atoms with E-state index < -0.39 is 9.84 Å². The minimum absolute atomic E-state index is 0.0603. The second-order valence-electron chi connectivity index (χ2n) is 7.82. The number of carbonyl (C=O) groups is 1. The lowest BCUT2D eigenvalue weighted by Gasteiger charge is -2.10. The first-order chi connectivity index (χ1) is 16.2. The van der Waals surface area contributed by atoms with Gasteiger partial charge in [0.1, 0.15) is 20.5 Å². The first-order valence-corrected chi connectivity index (χ1v) is 12.8. The van der Waals surface area contributed by atoms with Gasteiger partial charge in [0, 0.05) is 11.3 Å². The molecule has 0 saturated carbocycles. The lowest BCUT2D eigenvalue weighted by Crippen LogP contribution is -2.09. The van der Waals surface area contributed by atoms with Crippen LogP contribution < -0.4 is 15.8 Å². The number of hydrogen-bond donors (Lipinski definition) is 2. The predicted molar refractivity (Wildman–Crippen MR) is 136 cm³/mol. The molecule has 174 valence electrons. The van der Waals surface area contributed by atoms with Crippen molar-refractivity contribution in [2.45, 2.75) is 23.6 Å². The molecule has 3 aromatic carbocycles. The molecule has 0 saturated heterocycles. The van der Waals surface area contributed by atoms with Crippen LogP contribution >= 0.6 is 11.3 Å². The highest BCUT2D eigenvalue weighted by Gasteiger charge is 2.32.